The van der Waals surface area contributed by atoms with Crippen molar-refractivity contribution in [3.8, 4) is 16.9 Å². The van der Waals surface area contributed by atoms with Gasteiger partial charge in [0.05, 0.1) is 12.8 Å². The second-order valence-electron chi connectivity index (χ2n) is 7.59. The molecule has 0 radical (unpaired) electrons. The van der Waals surface area contributed by atoms with Crippen molar-refractivity contribution in [3.63, 3.8) is 0 Å². The van der Waals surface area contributed by atoms with Crippen LogP contribution in [0, 0.1) is 27.7 Å². The quantitative estimate of drug-likeness (QED) is 0.209. The molecule has 0 bridgehead atoms. The third-order valence-corrected chi connectivity index (χ3v) is 6.77. The summed E-state index contributed by atoms with van der Waals surface area (Å²) in [6.07, 6.45) is 0.739. The fraction of sp³-hybridized carbons (Fsp3) is 0.364. The molecule has 0 saturated heterocycles. The number of anilines is 1. The predicted octanol–water partition coefficient (Wildman–Crippen LogP) is 5.13. The van der Waals surface area contributed by atoms with E-state index in [0.29, 0.717) is 11.7 Å². The lowest BCUT2D eigenvalue weighted by atomic mass is 10.0. The van der Waals surface area contributed by atoms with Gasteiger partial charge in [-0.05, 0) is 80.0 Å². The molecule has 0 saturated carbocycles. The Morgan fingerprint density at radius 1 is 1.16 bits per heavy atom. The zero-order valence-electron chi connectivity index (χ0n) is 18.4. The summed E-state index contributed by atoms with van der Waals surface area (Å²) in [5.41, 5.74) is 5.79. The van der Waals surface area contributed by atoms with Gasteiger partial charge in [0.15, 0.2) is 15.0 Å². The van der Waals surface area contributed by atoms with Gasteiger partial charge in [-0.2, -0.15) is 14.6 Å². The molecule has 1 aromatic carbocycles. The molecule has 162 valence electrons. The summed E-state index contributed by atoms with van der Waals surface area (Å²) in [7, 11) is 1.67. The Bertz CT molecular complexity index is 1260. The molecule has 0 spiro atoms. The fourth-order valence-corrected chi connectivity index (χ4v) is 4.14. The van der Waals surface area contributed by atoms with Gasteiger partial charge in [0.2, 0.25) is 0 Å². The molecule has 1 N–H and O–H groups in total. The first-order chi connectivity index (χ1) is 14.8. The normalized spacial score (nSPS) is 13.4. The molecule has 3 aromatic heterocycles. The number of ether oxygens (including phenoxy) is 1. The summed E-state index contributed by atoms with van der Waals surface area (Å²) in [5.74, 6) is 2.78. The van der Waals surface area contributed by atoms with Crippen LogP contribution in [0.4, 0.5) is 5.82 Å². The van der Waals surface area contributed by atoms with Crippen molar-refractivity contribution < 1.29 is 9.26 Å². The molecule has 8 nitrogen and oxygen atoms in total. The summed E-state index contributed by atoms with van der Waals surface area (Å²) in [5, 5.41) is 12.4. The molecule has 4 aromatic rings. The summed E-state index contributed by atoms with van der Waals surface area (Å²) in [6, 6.07) is 8.03. The van der Waals surface area contributed by atoms with E-state index in [1.54, 1.807) is 7.11 Å². The van der Waals surface area contributed by atoms with Crippen LogP contribution < -0.4 is 10.1 Å². The van der Waals surface area contributed by atoms with Crippen molar-refractivity contribution in [2.45, 2.75) is 44.6 Å². The van der Waals surface area contributed by atoms with Gasteiger partial charge >= 0.3 is 0 Å². The Balaban J connectivity index is 1.87. The Morgan fingerprint density at radius 2 is 1.94 bits per heavy atom. The molecule has 31 heavy (non-hydrogen) atoms. The monoisotopic (exact) mass is 532 g/mol. The highest BCUT2D eigenvalue weighted by Gasteiger charge is 2.34. The minimum absolute atomic E-state index is 0.533. The van der Waals surface area contributed by atoms with Crippen molar-refractivity contribution in [2.24, 2.45) is 0 Å². The molecular formula is C22H25IN6O2. The molecule has 0 aliphatic heterocycles. The van der Waals surface area contributed by atoms with E-state index in [1.165, 1.54) is 0 Å². The van der Waals surface area contributed by atoms with Gasteiger partial charge in [-0.1, -0.05) is 18.1 Å². The molecule has 1 atom stereocenters. The van der Waals surface area contributed by atoms with Crippen LogP contribution in [0.15, 0.2) is 28.8 Å². The van der Waals surface area contributed by atoms with Crippen molar-refractivity contribution in [1.29, 1.82) is 0 Å². The second kappa shape index (κ2) is 8.10. The number of nitrogens with zero attached hydrogens (tertiary/aromatic N) is 5. The van der Waals surface area contributed by atoms with E-state index in [0.717, 1.165) is 51.7 Å². The number of benzene rings is 1. The first-order valence-electron chi connectivity index (χ1n) is 10.1. The molecule has 0 unspecified atom stereocenters. The van der Waals surface area contributed by atoms with Crippen molar-refractivity contribution >= 4 is 34.1 Å². The molecule has 0 fully saturated rings. The molecular weight excluding hydrogens is 507 g/mol. The van der Waals surface area contributed by atoms with Gasteiger partial charge in [0, 0.05) is 17.3 Å². The van der Waals surface area contributed by atoms with Crippen LogP contribution in [-0.2, 0) is 3.55 Å². The van der Waals surface area contributed by atoms with E-state index in [1.807, 2.05) is 43.5 Å². The third kappa shape index (κ3) is 3.86. The van der Waals surface area contributed by atoms with Gasteiger partial charge in [0.25, 0.3) is 5.89 Å². The number of methoxy groups -OCH3 is 1. The van der Waals surface area contributed by atoms with Crippen LogP contribution in [0.2, 0.25) is 0 Å². The van der Waals surface area contributed by atoms with E-state index >= 15 is 0 Å². The molecule has 0 amide bonds. The van der Waals surface area contributed by atoms with Gasteiger partial charge in [0.1, 0.15) is 11.6 Å². The number of aryl methyl sites for hydroxylation is 4. The average molecular weight is 532 g/mol. The van der Waals surface area contributed by atoms with E-state index in [9.17, 15) is 0 Å². The van der Waals surface area contributed by atoms with Crippen LogP contribution in [-0.4, -0.2) is 31.8 Å². The minimum atomic E-state index is -0.574. The number of rotatable bonds is 6. The highest BCUT2D eigenvalue weighted by Crippen LogP contribution is 2.37. The highest BCUT2D eigenvalue weighted by atomic mass is 127. The SMILES string of the molecule is CC[C@@](I)(Nc1cc(C)nc2c(-c3ccc(OC)cc3C)c(C)nn12)c1nc(C)no1. The van der Waals surface area contributed by atoms with E-state index in [-0.39, 0.29) is 0 Å². The highest BCUT2D eigenvalue weighted by molar-refractivity contribution is 14.1. The van der Waals surface area contributed by atoms with E-state index in [2.05, 4.69) is 58.0 Å². The van der Waals surface area contributed by atoms with Crippen LogP contribution in [0.3, 0.4) is 0 Å². The summed E-state index contributed by atoms with van der Waals surface area (Å²) in [6.45, 7) is 9.95. The Hall–Kier alpha value is -2.69. The number of halogens is 1. The largest absolute Gasteiger partial charge is 0.497 e. The maximum absolute atomic E-state index is 5.48. The Morgan fingerprint density at radius 3 is 2.55 bits per heavy atom. The van der Waals surface area contributed by atoms with Gasteiger partial charge in [-0.25, -0.2) is 4.98 Å². The Kier molecular flexibility index (Phi) is 5.63. The lowest BCUT2D eigenvalue weighted by Crippen LogP contribution is -2.29. The van der Waals surface area contributed by atoms with Crippen molar-refractivity contribution in [1.82, 2.24) is 24.7 Å². The topological polar surface area (TPSA) is 90.4 Å². The smallest absolute Gasteiger partial charge is 0.262 e. The van der Waals surface area contributed by atoms with Crippen LogP contribution in [0.5, 0.6) is 5.75 Å². The first-order valence-corrected chi connectivity index (χ1v) is 11.1. The molecule has 4 rings (SSSR count). The number of alkyl halides is 1. The van der Waals surface area contributed by atoms with E-state index in [4.69, 9.17) is 19.3 Å². The van der Waals surface area contributed by atoms with Crippen LogP contribution in [0.1, 0.15) is 42.0 Å². The second-order valence-corrected chi connectivity index (χ2v) is 9.43. The average Bonchev–Trinajstić information content (AvgIpc) is 3.31. The maximum Gasteiger partial charge on any atom is 0.262 e. The summed E-state index contributed by atoms with van der Waals surface area (Å²) in [4.78, 5) is 9.27. The van der Waals surface area contributed by atoms with Gasteiger partial charge < -0.3 is 14.6 Å². The van der Waals surface area contributed by atoms with Crippen molar-refractivity contribution in [2.75, 3.05) is 12.4 Å². The summed E-state index contributed by atoms with van der Waals surface area (Å²) < 4.78 is 12.1. The Labute approximate surface area is 194 Å². The number of fused-ring (bicyclic) bond motifs is 1. The summed E-state index contributed by atoms with van der Waals surface area (Å²) >= 11 is 2.32. The predicted molar refractivity (Wildman–Crippen MR) is 128 cm³/mol. The van der Waals surface area contributed by atoms with Crippen molar-refractivity contribution in [3.05, 3.63) is 52.9 Å². The molecule has 0 aliphatic rings. The fourth-order valence-electron chi connectivity index (χ4n) is 3.65. The minimum Gasteiger partial charge on any atom is -0.497 e. The molecule has 9 heteroatoms. The number of nitrogens with one attached hydrogen (secondary N) is 1. The molecule has 0 aliphatic carbocycles. The van der Waals surface area contributed by atoms with E-state index < -0.39 is 3.55 Å². The standard InChI is InChI=1S/C22H25IN6O2/c1-7-22(23,21-25-15(5)28-31-21)26-18-11-13(3)24-20-19(14(4)27-29(18)20)17-9-8-16(30-6)10-12(17)2/h8-11,26H,7H2,1-6H3/t22-/m1/s1. The third-order valence-electron chi connectivity index (χ3n) is 5.27. The zero-order chi connectivity index (χ0) is 22.3. The van der Waals surface area contributed by atoms with Gasteiger partial charge in [-0.3, -0.25) is 0 Å². The maximum atomic E-state index is 5.48. The zero-order valence-corrected chi connectivity index (χ0v) is 20.6. The molecule has 3 heterocycles. The van der Waals surface area contributed by atoms with Gasteiger partial charge in [-0.15, -0.1) is 0 Å². The lowest BCUT2D eigenvalue weighted by molar-refractivity contribution is 0.350. The number of hydrogen-bond donors (Lipinski definition) is 1. The first kappa shape index (κ1) is 21.5. The number of hydrogen-bond acceptors (Lipinski definition) is 7. The number of aromatic nitrogens is 5. The van der Waals surface area contributed by atoms with Crippen LogP contribution >= 0.6 is 22.6 Å². The van der Waals surface area contributed by atoms with Crippen LogP contribution in [0.25, 0.3) is 16.8 Å². The lowest BCUT2D eigenvalue weighted by Gasteiger charge is -2.25.